The fourth-order valence-electron chi connectivity index (χ4n) is 2.55. The van der Waals surface area contributed by atoms with E-state index in [9.17, 15) is 9.59 Å². The molecular formula is C22H27NO4. The lowest BCUT2D eigenvalue weighted by atomic mass is 10.1. The van der Waals surface area contributed by atoms with Gasteiger partial charge in [0.05, 0.1) is 20.1 Å². The van der Waals surface area contributed by atoms with Crippen LogP contribution in [-0.4, -0.2) is 25.6 Å². The van der Waals surface area contributed by atoms with Gasteiger partial charge in [-0.25, -0.2) is 0 Å². The minimum atomic E-state index is -0.298. The first-order chi connectivity index (χ1) is 13.1. The van der Waals surface area contributed by atoms with Gasteiger partial charge in [-0.1, -0.05) is 37.6 Å². The molecule has 0 spiro atoms. The summed E-state index contributed by atoms with van der Waals surface area (Å²) in [7, 11) is 1.35. The molecule has 2 aromatic carbocycles. The third kappa shape index (κ3) is 7.13. The number of esters is 1. The molecule has 0 aliphatic rings. The van der Waals surface area contributed by atoms with E-state index < -0.39 is 0 Å². The van der Waals surface area contributed by atoms with E-state index in [1.54, 1.807) is 0 Å². The zero-order chi connectivity index (χ0) is 19.5. The van der Waals surface area contributed by atoms with Crippen molar-refractivity contribution in [2.75, 3.05) is 13.7 Å². The molecule has 0 bridgehead atoms. The van der Waals surface area contributed by atoms with Crippen LogP contribution in [0.4, 0.5) is 0 Å². The summed E-state index contributed by atoms with van der Waals surface area (Å²) in [5.41, 5.74) is 2.90. The fraction of sp³-hybridized carbons (Fsp3) is 0.364. The monoisotopic (exact) mass is 369 g/mol. The van der Waals surface area contributed by atoms with Crippen molar-refractivity contribution in [2.45, 2.75) is 39.2 Å². The first-order valence-corrected chi connectivity index (χ1v) is 9.28. The van der Waals surface area contributed by atoms with E-state index in [2.05, 4.69) is 17.0 Å². The molecule has 0 saturated carbocycles. The molecule has 0 aromatic heterocycles. The molecule has 0 unspecified atom stereocenters. The lowest BCUT2D eigenvalue weighted by Gasteiger charge is -2.08. The molecule has 144 valence electrons. The fourth-order valence-corrected chi connectivity index (χ4v) is 2.55. The van der Waals surface area contributed by atoms with Gasteiger partial charge in [-0.05, 0) is 48.2 Å². The van der Waals surface area contributed by atoms with E-state index in [4.69, 9.17) is 4.74 Å². The standard InChI is InChI=1S/C22H27NO4/c1-3-4-5-17-6-10-19(11-7-17)22(25)23-16-18-8-12-20(13-9-18)27-15-14-21(24)26-2/h6-13H,3-5,14-16H2,1-2H3,(H,23,25). The van der Waals surface area contributed by atoms with Crippen LogP contribution in [0.1, 0.15) is 47.7 Å². The Balaban J connectivity index is 1.78. The van der Waals surface area contributed by atoms with E-state index in [-0.39, 0.29) is 24.9 Å². The van der Waals surface area contributed by atoms with Gasteiger partial charge in [-0.2, -0.15) is 0 Å². The summed E-state index contributed by atoms with van der Waals surface area (Å²) in [4.78, 5) is 23.3. The smallest absolute Gasteiger partial charge is 0.308 e. The number of rotatable bonds is 10. The van der Waals surface area contributed by atoms with Gasteiger partial charge in [0.1, 0.15) is 5.75 Å². The average molecular weight is 369 g/mol. The third-order valence-corrected chi connectivity index (χ3v) is 4.21. The number of benzene rings is 2. The zero-order valence-electron chi connectivity index (χ0n) is 16.0. The van der Waals surface area contributed by atoms with Gasteiger partial charge in [-0.3, -0.25) is 9.59 Å². The molecule has 0 aliphatic heterocycles. The number of aryl methyl sites for hydroxylation is 1. The largest absolute Gasteiger partial charge is 0.493 e. The highest BCUT2D eigenvalue weighted by atomic mass is 16.5. The first kappa shape index (κ1) is 20.5. The second-order valence-electron chi connectivity index (χ2n) is 6.30. The normalized spacial score (nSPS) is 10.3. The molecule has 2 rings (SSSR count). The Bertz CT molecular complexity index is 723. The summed E-state index contributed by atoms with van der Waals surface area (Å²) in [6, 6.07) is 15.2. The molecule has 0 atom stereocenters. The van der Waals surface area contributed by atoms with Crippen molar-refractivity contribution in [2.24, 2.45) is 0 Å². The average Bonchev–Trinajstić information content (AvgIpc) is 2.71. The van der Waals surface area contributed by atoms with Gasteiger partial charge in [-0.15, -0.1) is 0 Å². The summed E-state index contributed by atoms with van der Waals surface area (Å²) in [6.45, 7) is 2.89. The van der Waals surface area contributed by atoms with Crippen molar-refractivity contribution < 1.29 is 19.1 Å². The number of carbonyl (C=O) groups is 2. The Hall–Kier alpha value is -2.82. The first-order valence-electron chi connectivity index (χ1n) is 9.28. The van der Waals surface area contributed by atoms with E-state index in [0.717, 1.165) is 24.8 Å². The van der Waals surface area contributed by atoms with E-state index >= 15 is 0 Å². The van der Waals surface area contributed by atoms with Crippen LogP contribution in [0.3, 0.4) is 0 Å². The van der Waals surface area contributed by atoms with Crippen LogP contribution < -0.4 is 10.1 Å². The molecule has 0 radical (unpaired) electrons. The minimum Gasteiger partial charge on any atom is -0.493 e. The van der Waals surface area contributed by atoms with Gasteiger partial charge in [0, 0.05) is 12.1 Å². The summed E-state index contributed by atoms with van der Waals surface area (Å²) < 4.78 is 10.0. The number of methoxy groups -OCH3 is 1. The SMILES string of the molecule is CCCCc1ccc(C(=O)NCc2ccc(OCCC(=O)OC)cc2)cc1. The summed E-state index contributed by atoms with van der Waals surface area (Å²) in [6.07, 6.45) is 3.59. The Morgan fingerprint density at radius 3 is 2.26 bits per heavy atom. The zero-order valence-corrected chi connectivity index (χ0v) is 16.0. The quantitative estimate of drug-likeness (QED) is 0.645. The summed E-state index contributed by atoms with van der Waals surface area (Å²) in [5, 5.41) is 2.92. The molecule has 27 heavy (non-hydrogen) atoms. The number of carbonyl (C=O) groups excluding carboxylic acids is 2. The number of nitrogens with one attached hydrogen (secondary N) is 1. The van der Waals surface area contributed by atoms with Gasteiger partial charge in [0.25, 0.3) is 5.91 Å². The van der Waals surface area contributed by atoms with Crippen molar-refractivity contribution in [3.8, 4) is 5.75 Å². The predicted octanol–water partition coefficient (Wildman–Crippen LogP) is 3.90. The Kier molecular flexibility index (Phi) is 8.36. The van der Waals surface area contributed by atoms with Crippen molar-refractivity contribution in [3.63, 3.8) is 0 Å². The van der Waals surface area contributed by atoms with Crippen LogP contribution in [-0.2, 0) is 22.5 Å². The van der Waals surface area contributed by atoms with E-state index in [1.165, 1.54) is 12.7 Å². The van der Waals surface area contributed by atoms with Gasteiger partial charge in [0.2, 0.25) is 0 Å². The molecule has 5 heteroatoms. The maximum atomic E-state index is 12.3. The highest BCUT2D eigenvalue weighted by molar-refractivity contribution is 5.94. The van der Waals surface area contributed by atoms with Crippen molar-refractivity contribution in [1.29, 1.82) is 0 Å². The highest BCUT2D eigenvalue weighted by Gasteiger charge is 2.06. The van der Waals surface area contributed by atoms with E-state index in [0.29, 0.717) is 17.9 Å². The number of hydrogen-bond acceptors (Lipinski definition) is 4. The lowest BCUT2D eigenvalue weighted by Crippen LogP contribution is -2.22. The lowest BCUT2D eigenvalue weighted by molar-refractivity contribution is -0.141. The molecule has 0 heterocycles. The predicted molar refractivity (Wildman–Crippen MR) is 105 cm³/mol. The number of unbranched alkanes of at least 4 members (excludes halogenated alkanes) is 1. The molecule has 1 amide bonds. The maximum Gasteiger partial charge on any atom is 0.308 e. The summed E-state index contributed by atoms with van der Waals surface area (Å²) in [5.74, 6) is 0.292. The Labute approximate surface area is 160 Å². The molecule has 1 N–H and O–H groups in total. The number of amides is 1. The second kappa shape index (κ2) is 11.0. The van der Waals surface area contributed by atoms with Crippen LogP contribution in [0, 0.1) is 0 Å². The Morgan fingerprint density at radius 1 is 0.963 bits per heavy atom. The highest BCUT2D eigenvalue weighted by Crippen LogP contribution is 2.13. The molecule has 0 fully saturated rings. The third-order valence-electron chi connectivity index (χ3n) is 4.21. The van der Waals surface area contributed by atoms with Crippen LogP contribution in [0.5, 0.6) is 5.75 Å². The molecular weight excluding hydrogens is 342 g/mol. The number of hydrogen-bond donors (Lipinski definition) is 1. The second-order valence-corrected chi connectivity index (χ2v) is 6.30. The minimum absolute atomic E-state index is 0.0875. The van der Waals surface area contributed by atoms with Crippen LogP contribution in [0.2, 0.25) is 0 Å². The van der Waals surface area contributed by atoms with Gasteiger partial charge in [0.15, 0.2) is 0 Å². The molecule has 0 aliphatic carbocycles. The van der Waals surface area contributed by atoms with E-state index in [1.807, 2.05) is 48.5 Å². The topological polar surface area (TPSA) is 64.6 Å². The van der Waals surface area contributed by atoms with Crippen molar-refractivity contribution >= 4 is 11.9 Å². The van der Waals surface area contributed by atoms with Crippen LogP contribution >= 0.6 is 0 Å². The molecule has 2 aromatic rings. The van der Waals surface area contributed by atoms with Crippen molar-refractivity contribution in [3.05, 3.63) is 65.2 Å². The van der Waals surface area contributed by atoms with Gasteiger partial charge < -0.3 is 14.8 Å². The molecule has 5 nitrogen and oxygen atoms in total. The maximum absolute atomic E-state index is 12.3. The summed E-state index contributed by atoms with van der Waals surface area (Å²) >= 11 is 0. The number of ether oxygens (including phenoxy) is 2. The Morgan fingerprint density at radius 2 is 1.63 bits per heavy atom. The van der Waals surface area contributed by atoms with Crippen LogP contribution in [0.15, 0.2) is 48.5 Å². The van der Waals surface area contributed by atoms with Crippen molar-refractivity contribution in [1.82, 2.24) is 5.32 Å². The molecule has 0 saturated heterocycles. The van der Waals surface area contributed by atoms with Crippen LogP contribution in [0.25, 0.3) is 0 Å². The van der Waals surface area contributed by atoms with Gasteiger partial charge >= 0.3 is 5.97 Å².